The van der Waals surface area contributed by atoms with Crippen LogP contribution in [0.15, 0.2) is 42.5 Å². The van der Waals surface area contributed by atoms with Crippen LogP contribution in [0.5, 0.6) is 0 Å². The number of carbonyl (C=O) groups is 1. The van der Waals surface area contributed by atoms with Gasteiger partial charge in [-0.25, -0.2) is 0 Å². The van der Waals surface area contributed by atoms with Crippen LogP contribution in [0.1, 0.15) is 18.9 Å². The average Bonchev–Trinajstić information content (AvgIpc) is 3.08. The van der Waals surface area contributed by atoms with Crippen LogP contribution in [0.4, 0.5) is 0 Å². The van der Waals surface area contributed by atoms with E-state index in [-0.39, 0.29) is 24.5 Å². The second-order valence-corrected chi connectivity index (χ2v) is 6.41. The van der Waals surface area contributed by atoms with Crippen LogP contribution in [0, 0.1) is 23.7 Å². The number of hydrogen-bond donors (Lipinski definition) is 2. The topological polar surface area (TPSA) is 49.3 Å². The van der Waals surface area contributed by atoms with Crippen molar-refractivity contribution in [3.63, 3.8) is 0 Å². The summed E-state index contributed by atoms with van der Waals surface area (Å²) in [6.07, 6.45) is 6.24. The summed E-state index contributed by atoms with van der Waals surface area (Å²) in [7, 11) is 0. The molecule has 2 aliphatic rings. The molecule has 2 bridgehead atoms. The van der Waals surface area contributed by atoms with Gasteiger partial charge in [-0.1, -0.05) is 49.4 Å². The van der Waals surface area contributed by atoms with E-state index in [1.54, 1.807) is 0 Å². The minimum absolute atomic E-state index is 0.0222. The molecule has 0 radical (unpaired) electrons. The van der Waals surface area contributed by atoms with Crippen LogP contribution < -0.4 is 5.32 Å². The van der Waals surface area contributed by atoms with E-state index >= 15 is 0 Å². The summed E-state index contributed by atoms with van der Waals surface area (Å²) in [6.45, 7) is 2.15. The molecule has 0 saturated heterocycles. The Morgan fingerprint density at radius 3 is 2.62 bits per heavy atom. The minimum Gasteiger partial charge on any atom is -0.394 e. The first kappa shape index (κ1) is 14.3. The maximum atomic E-state index is 12.5. The molecule has 1 aromatic carbocycles. The number of nitrogens with one attached hydrogen (secondary N) is 1. The standard InChI is InChI=1S/C18H23NO2/c1-12-14-7-8-15(10-14)17(12)18(21)19-16(11-20)9-13-5-3-2-4-6-13/h2-8,12,14-17,20H,9-11H2,1H3,(H,19,21)/t12-,14+,15-,16-,17+/m0/s1. The van der Waals surface area contributed by atoms with Crippen molar-refractivity contribution in [3.8, 4) is 0 Å². The number of rotatable bonds is 5. The molecule has 0 aromatic heterocycles. The second kappa shape index (κ2) is 6.02. The fraction of sp³-hybridized carbons (Fsp3) is 0.500. The number of aliphatic hydroxyl groups excluding tert-OH is 1. The Morgan fingerprint density at radius 2 is 2.00 bits per heavy atom. The normalized spacial score (nSPS) is 31.3. The molecule has 0 spiro atoms. The third-order valence-corrected chi connectivity index (χ3v) is 5.05. The molecule has 3 nitrogen and oxygen atoms in total. The van der Waals surface area contributed by atoms with E-state index in [0.29, 0.717) is 24.2 Å². The van der Waals surface area contributed by atoms with Gasteiger partial charge in [0.05, 0.1) is 12.6 Å². The highest BCUT2D eigenvalue weighted by Gasteiger charge is 2.45. The molecule has 5 atom stereocenters. The van der Waals surface area contributed by atoms with E-state index in [9.17, 15) is 9.90 Å². The molecule has 21 heavy (non-hydrogen) atoms. The number of fused-ring (bicyclic) bond motifs is 2. The van der Waals surface area contributed by atoms with Gasteiger partial charge in [-0.15, -0.1) is 0 Å². The van der Waals surface area contributed by atoms with Gasteiger partial charge in [0.15, 0.2) is 0 Å². The van der Waals surface area contributed by atoms with Crippen molar-refractivity contribution in [2.75, 3.05) is 6.61 Å². The van der Waals surface area contributed by atoms with Gasteiger partial charge < -0.3 is 10.4 Å². The maximum absolute atomic E-state index is 12.5. The Hall–Kier alpha value is -1.61. The van der Waals surface area contributed by atoms with Crippen LogP contribution in [-0.4, -0.2) is 23.7 Å². The number of amides is 1. The van der Waals surface area contributed by atoms with Crippen molar-refractivity contribution in [2.24, 2.45) is 23.7 Å². The Labute approximate surface area is 126 Å². The van der Waals surface area contributed by atoms with Gasteiger partial charge >= 0.3 is 0 Å². The van der Waals surface area contributed by atoms with Crippen molar-refractivity contribution >= 4 is 5.91 Å². The van der Waals surface area contributed by atoms with E-state index in [1.807, 2.05) is 30.3 Å². The van der Waals surface area contributed by atoms with E-state index in [1.165, 1.54) is 0 Å². The minimum atomic E-state index is -0.199. The molecule has 0 heterocycles. The monoisotopic (exact) mass is 285 g/mol. The van der Waals surface area contributed by atoms with E-state index in [2.05, 4.69) is 24.4 Å². The molecule has 2 aliphatic carbocycles. The fourth-order valence-electron chi connectivity index (χ4n) is 3.86. The number of aliphatic hydroxyl groups is 1. The first-order valence-corrected chi connectivity index (χ1v) is 7.82. The zero-order chi connectivity index (χ0) is 14.8. The lowest BCUT2D eigenvalue weighted by Crippen LogP contribution is -2.44. The Morgan fingerprint density at radius 1 is 1.29 bits per heavy atom. The van der Waals surface area contributed by atoms with Crippen LogP contribution >= 0.6 is 0 Å². The van der Waals surface area contributed by atoms with Crippen LogP contribution in [0.25, 0.3) is 0 Å². The lowest BCUT2D eigenvalue weighted by molar-refractivity contribution is -0.128. The van der Waals surface area contributed by atoms with Crippen LogP contribution in [0.3, 0.4) is 0 Å². The smallest absolute Gasteiger partial charge is 0.224 e. The van der Waals surface area contributed by atoms with Gasteiger partial charge in [0.2, 0.25) is 5.91 Å². The largest absolute Gasteiger partial charge is 0.394 e. The molecular formula is C18H23NO2. The Balaban J connectivity index is 1.62. The lowest BCUT2D eigenvalue weighted by Gasteiger charge is -2.26. The summed E-state index contributed by atoms with van der Waals surface area (Å²) in [4.78, 5) is 12.5. The van der Waals surface area contributed by atoms with Crippen molar-refractivity contribution in [3.05, 3.63) is 48.0 Å². The third kappa shape index (κ3) is 2.88. The predicted molar refractivity (Wildman–Crippen MR) is 82.6 cm³/mol. The Kier molecular flexibility index (Phi) is 4.11. The SMILES string of the molecule is C[C@@H]1[C@@H](C(=O)N[C@H](CO)Cc2ccccc2)[C@H]2C=C[C@@H]1C2. The van der Waals surface area contributed by atoms with Crippen molar-refractivity contribution in [2.45, 2.75) is 25.8 Å². The number of carbonyl (C=O) groups excluding carboxylic acids is 1. The first-order chi connectivity index (χ1) is 10.2. The molecule has 1 saturated carbocycles. The predicted octanol–water partition coefficient (Wildman–Crippen LogP) is 2.16. The van der Waals surface area contributed by atoms with E-state index < -0.39 is 0 Å². The molecule has 0 aliphatic heterocycles. The molecule has 3 rings (SSSR count). The summed E-state index contributed by atoms with van der Waals surface area (Å²) >= 11 is 0. The quantitative estimate of drug-likeness (QED) is 0.815. The van der Waals surface area contributed by atoms with Crippen LogP contribution in [-0.2, 0) is 11.2 Å². The molecule has 112 valence electrons. The van der Waals surface area contributed by atoms with Gasteiger partial charge in [-0.05, 0) is 36.2 Å². The summed E-state index contributed by atoms with van der Waals surface area (Å²) in [5.74, 6) is 1.55. The van der Waals surface area contributed by atoms with Gasteiger partial charge in [0.25, 0.3) is 0 Å². The highest BCUT2D eigenvalue weighted by Crippen LogP contribution is 2.47. The van der Waals surface area contributed by atoms with E-state index in [0.717, 1.165) is 12.0 Å². The van der Waals surface area contributed by atoms with Gasteiger partial charge in [-0.3, -0.25) is 4.79 Å². The zero-order valence-corrected chi connectivity index (χ0v) is 12.4. The van der Waals surface area contributed by atoms with Gasteiger partial charge in [0, 0.05) is 5.92 Å². The number of allylic oxidation sites excluding steroid dienone is 2. The van der Waals surface area contributed by atoms with E-state index in [4.69, 9.17) is 0 Å². The zero-order valence-electron chi connectivity index (χ0n) is 12.4. The summed E-state index contributed by atoms with van der Waals surface area (Å²) in [5.41, 5.74) is 1.14. The summed E-state index contributed by atoms with van der Waals surface area (Å²) in [6, 6.07) is 9.78. The molecule has 1 amide bonds. The maximum Gasteiger partial charge on any atom is 0.224 e. The summed E-state index contributed by atoms with van der Waals surface area (Å²) < 4.78 is 0. The van der Waals surface area contributed by atoms with Gasteiger partial charge in [-0.2, -0.15) is 0 Å². The third-order valence-electron chi connectivity index (χ3n) is 5.05. The number of hydrogen-bond acceptors (Lipinski definition) is 2. The van der Waals surface area contributed by atoms with Gasteiger partial charge in [0.1, 0.15) is 0 Å². The molecule has 3 heteroatoms. The Bertz CT molecular complexity index is 525. The second-order valence-electron chi connectivity index (χ2n) is 6.41. The summed E-state index contributed by atoms with van der Waals surface area (Å²) in [5, 5.41) is 12.6. The molecular weight excluding hydrogens is 262 g/mol. The number of benzene rings is 1. The molecule has 2 N–H and O–H groups in total. The lowest BCUT2D eigenvalue weighted by atomic mass is 9.83. The highest BCUT2D eigenvalue weighted by molar-refractivity contribution is 5.80. The van der Waals surface area contributed by atoms with Crippen molar-refractivity contribution < 1.29 is 9.90 Å². The van der Waals surface area contributed by atoms with Crippen molar-refractivity contribution in [1.82, 2.24) is 5.32 Å². The first-order valence-electron chi connectivity index (χ1n) is 7.82. The average molecular weight is 285 g/mol. The molecule has 1 aromatic rings. The fourth-order valence-corrected chi connectivity index (χ4v) is 3.86. The van der Waals surface area contributed by atoms with Crippen molar-refractivity contribution in [1.29, 1.82) is 0 Å². The molecule has 1 fully saturated rings. The van der Waals surface area contributed by atoms with Crippen LogP contribution in [0.2, 0.25) is 0 Å². The molecule has 0 unspecified atom stereocenters. The highest BCUT2D eigenvalue weighted by atomic mass is 16.3.